The normalized spacial score (nSPS) is 27.0. The van der Waals surface area contributed by atoms with Crippen LogP contribution >= 0.6 is 23.2 Å². The van der Waals surface area contributed by atoms with Crippen LogP contribution in [0, 0.1) is 0 Å². The summed E-state index contributed by atoms with van der Waals surface area (Å²) in [6.45, 7) is 0. The highest BCUT2D eigenvalue weighted by Crippen LogP contribution is 2.33. The van der Waals surface area contributed by atoms with Gasteiger partial charge in [-0.2, -0.15) is 0 Å². The van der Waals surface area contributed by atoms with Gasteiger partial charge < -0.3 is 9.84 Å². The minimum Gasteiger partial charge on any atom is -0.485 e. The molecule has 0 spiro atoms. The second-order valence-corrected chi connectivity index (χ2v) is 6.79. The smallest absolute Gasteiger partial charge is 0.156 e. The Morgan fingerprint density at radius 3 is 2.59 bits per heavy atom. The Labute approximate surface area is 109 Å². The minimum absolute atomic E-state index is 0.211. The van der Waals surface area contributed by atoms with Gasteiger partial charge in [0.05, 0.1) is 16.5 Å². The highest BCUT2D eigenvalue weighted by atomic mass is 35.5. The maximum Gasteiger partial charge on any atom is 0.156 e. The molecular formula is C10H10Cl2O4S. The molecule has 0 aromatic heterocycles. The number of aliphatic hydroxyl groups excluding tert-OH is 1. The number of ether oxygens (including phenoxy) is 1. The van der Waals surface area contributed by atoms with Crippen LogP contribution in [0.4, 0.5) is 0 Å². The molecule has 1 heterocycles. The summed E-state index contributed by atoms with van der Waals surface area (Å²) < 4.78 is 28.0. The summed E-state index contributed by atoms with van der Waals surface area (Å²) in [5.74, 6) is -0.215. The van der Waals surface area contributed by atoms with Crippen molar-refractivity contribution in [2.45, 2.75) is 12.2 Å². The van der Waals surface area contributed by atoms with E-state index in [0.29, 0.717) is 5.02 Å². The van der Waals surface area contributed by atoms with E-state index in [9.17, 15) is 13.5 Å². The Hall–Kier alpha value is -0.490. The van der Waals surface area contributed by atoms with Crippen molar-refractivity contribution in [3.63, 3.8) is 0 Å². The molecule has 0 saturated carbocycles. The SMILES string of the molecule is O=S1(=O)CC(O)C(Oc2cccc(Cl)c2Cl)C1. The molecule has 0 radical (unpaired) electrons. The lowest BCUT2D eigenvalue weighted by molar-refractivity contribution is 0.0739. The number of hydrogen-bond donors (Lipinski definition) is 1. The average Bonchev–Trinajstić information content (AvgIpc) is 2.47. The van der Waals surface area contributed by atoms with Crippen molar-refractivity contribution in [3.8, 4) is 5.75 Å². The van der Waals surface area contributed by atoms with Gasteiger partial charge in [-0.25, -0.2) is 8.42 Å². The predicted octanol–water partition coefficient (Wildman–Crippen LogP) is 1.53. The van der Waals surface area contributed by atoms with Crippen LogP contribution in [0.1, 0.15) is 0 Å². The van der Waals surface area contributed by atoms with Crippen molar-refractivity contribution in [3.05, 3.63) is 28.2 Å². The van der Waals surface area contributed by atoms with Gasteiger partial charge in [0.1, 0.15) is 23.0 Å². The Balaban J connectivity index is 2.20. The number of halogens is 2. The number of hydrogen-bond acceptors (Lipinski definition) is 4. The van der Waals surface area contributed by atoms with E-state index >= 15 is 0 Å². The summed E-state index contributed by atoms with van der Waals surface area (Å²) in [6, 6.07) is 4.81. The molecule has 2 rings (SSSR count). The van der Waals surface area contributed by atoms with Crippen molar-refractivity contribution in [2.24, 2.45) is 0 Å². The zero-order valence-corrected chi connectivity index (χ0v) is 11.0. The lowest BCUT2D eigenvalue weighted by atomic mass is 10.2. The zero-order chi connectivity index (χ0) is 12.6. The predicted molar refractivity (Wildman–Crippen MR) is 65.5 cm³/mol. The molecule has 1 aromatic carbocycles. The summed E-state index contributed by atoms with van der Waals surface area (Å²) in [4.78, 5) is 0. The van der Waals surface area contributed by atoms with E-state index in [1.54, 1.807) is 18.2 Å². The molecule has 1 aliphatic rings. The summed E-state index contributed by atoms with van der Waals surface area (Å²) in [6.07, 6.45) is -1.83. The molecule has 1 aromatic rings. The van der Waals surface area contributed by atoms with E-state index in [1.165, 1.54) is 0 Å². The van der Waals surface area contributed by atoms with Crippen LogP contribution in [-0.4, -0.2) is 37.2 Å². The third kappa shape index (κ3) is 2.85. The fourth-order valence-electron chi connectivity index (χ4n) is 1.65. The molecule has 2 unspecified atom stereocenters. The first-order valence-corrected chi connectivity index (χ1v) is 7.46. The Morgan fingerprint density at radius 1 is 1.29 bits per heavy atom. The third-order valence-electron chi connectivity index (χ3n) is 2.47. The van der Waals surface area contributed by atoms with Crippen LogP contribution in [-0.2, 0) is 9.84 Å². The Bertz CT molecular complexity index is 529. The van der Waals surface area contributed by atoms with Crippen molar-refractivity contribution >= 4 is 33.0 Å². The topological polar surface area (TPSA) is 63.6 Å². The molecule has 1 fully saturated rings. The Kier molecular flexibility index (Phi) is 3.54. The summed E-state index contributed by atoms with van der Waals surface area (Å²) in [5.41, 5.74) is 0. The van der Waals surface area contributed by atoms with Gasteiger partial charge in [0, 0.05) is 0 Å². The van der Waals surface area contributed by atoms with Crippen molar-refractivity contribution < 1.29 is 18.3 Å². The summed E-state index contributed by atoms with van der Waals surface area (Å²) in [5, 5.41) is 10.1. The molecule has 94 valence electrons. The highest BCUT2D eigenvalue weighted by molar-refractivity contribution is 7.91. The van der Waals surface area contributed by atoms with Gasteiger partial charge in [-0.15, -0.1) is 0 Å². The molecule has 17 heavy (non-hydrogen) atoms. The second-order valence-electron chi connectivity index (χ2n) is 3.85. The largest absolute Gasteiger partial charge is 0.485 e. The van der Waals surface area contributed by atoms with Gasteiger partial charge in [-0.05, 0) is 12.1 Å². The average molecular weight is 297 g/mol. The van der Waals surface area contributed by atoms with Crippen LogP contribution in [0.2, 0.25) is 10.0 Å². The first-order valence-electron chi connectivity index (χ1n) is 4.88. The summed E-state index contributed by atoms with van der Waals surface area (Å²) >= 11 is 11.7. The zero-order valence-electron chi connectivity index (χ0n) is 8.64. The van der Waals surface area contributed by atoms with Gasteiger partial charge in [-0.1, -0.05) is 29.3 Å². The fourth-order valence-corrected chi connectivity index (χ4v) is 3.65. The number of rotatable bonds is 2. The van der Waals surface area contributed by atoms with Gasteiger partial charge in [-0.3, -0.25) is 0 Å². The van der Waals surface area contributed by atoms with Gasteiger partial charge in [0.25, 0.3) is 0 Å². The van der Waals surface area contributed by atoms with E-state index < -0.39 is 22.0 Å². The van der Waals surface area contributed by atoms with E-state index in [0.717, 1.165) is 0 Å². The van der Waals surface area contributed by atoms with E-state index in [1.807, 2.05) is 0 Å². The van der Waals surface area contributed by atoms with Crippen molar-refractivity contribution in [1.29, 1.82) is 0 Å². The highest BCUT2D eigenvalue weighted by Gasteiger charge is 2.38. The second kappa shape index (κ2) is 4.65. The van der Waals surface area contributed by atoms with E-state index in [-0.39, 0.29) is 22.3 Å². The molecule has 0 aliphatic carbocycles. The first-order chi connectivity index (χ1) is 7.89. The van der Waals surface area contributed by atoms with Crippen LogP contribution in [0.3, 0.4) is 0 Å². The van der Waals surface area contributed by atoms with Gasteiger partial charge >= 0.3 is 0 Å². The van der Waals surface area contributed by atoms with Crippen LogP contribution in [0.25, 0.3) is 0 Å². The monoisotopic (exact) mass is 296 g/mol. The summed E-state index contributed by atoms with van der Waals surface area (Å²) in [7, 11) is -3.24. The molecule has 1 aliphatic heterocycles. The first kappa shape index (κ1) is 13.0. The number of aliphatic hydroxyl groups is 1. The van der Waals surface area contributed by atoms with E-state index in [2.05, 4.69) is 0 Å². The fraction of sp³-hybridized carbons (Fsp3) is 0.400. The maximum atomic E-state index is 11.3. The number of sulfone groups is 1. The van der Waals surface area contributed by atoms with Crippen molar-refractivity contribution in [2.75, 3.05) is 11.5 Å². The van der Waals surface area contributed by atoms with Gasteiger partial charge in [0.15, 0.2) is 9.84 Å². The maximum absolute atomic E-state index is 11.3. The number of benzene rings is 1. The molecule has 1 saturated heterocycles. The molecule has 0 bridgehead atoms. The third-order valence-corrected chi connectivity index (χ3v) is 4.95. The van der Waals surface area contributed by atoms with Crippen LogP contribution in [0.15, 0.2) is 18.2 Å². The Morgan fingerprint density at radius 2 is 2.00 bits per heavy atom. The standard InChI is InChI=1S/C10H10Cl2O4S/c11-6-2-1-3-8(10(6)12)16-9-5-17(14,15)4-7(9)13/h1-3,7,9,13H,4-5H2. The lowest BCUT2D eigenvalue weighted by Gasteiger charge is -2.16. The molecule has 0 amide bonds. The van der Waals surface area contributed by atoms with Crippen LogP contribution < -0.4 is 4.74 Å². The lowest BCUT2D eigenvalue weighted by Crippen LogP contribution is -2.29. The minimum atomic E-state index is -3.24. The molecule has 7 heteroatoms. The molecule has 2 atom stereocenters. The quantitative estimate of drug-likeness (QED) is 0.899. The van der Waals surface area contributed by atoms with Gasteiger partial charge in [0.2, 0.25) is 0 Å². The molecule has 1 N–H and O–H groups in total. The van der Waals surface area contributed by atoms with Crippen LogP contribution in [0.5, 0.6) is 5.75 Å². The van der Waals surface area contributed by atoms with Crippen molar-refractivity contribution in [1.82, 2.24) is 0 Å². The van der Waals surface area contributed by atoms with E-state index in [4.69, 9.17) is 27.9 Å². The molecular weight excluding hydrogens is 287 g/mol. The molecule has 4 nitrogen and oxygen atoms in total.